The predicted molar refractivity (Wildman–Crippen MR) is 68.2 cm³/mol. The van der Waals surface area contributed by atoms with Gasteiger partial charge in [0.2, 0.25) is 0 Å². The summed E-state index contributed by atoms with van der Waals surface area (Å²) in [6, 6.07) is 0.192. The highest BCUT2D eigenvalue weighted by molar-refractivity contribution is 5.09. The fourth-order valence-corrected chi connectivity index (χ4v) is 2.36. The maximum Gasteiger partial charge on any atom is 0.419 e. The summed E-state index contributed by atoms with van der Waals surface area (Å²) in [5.41, 5.74) is -1.24. The van der Waals surface area contributed by atoms with Crippen LogP contribution in [0.1, 0.15) is 44.7 Å². The summed E-state index contributed by atoms with van der Waals surface area (Å²) in [6.45, 7) is 3.63. The number of alkyl halides is 3. The minimum atomic E-state index is -4.37. The van der Waals surface area contributed by atoms with Gasteiger partial charge in [-0.3, -0.25) is 4.68 Å². The second-order valence-corrected chi connectivity index (χ2v) is 5.90. The van der Waals surface area contributed by atoms with Crippen molar-refractivity contribution in [1.29, 1.82) is 0 Å². The molecule has 2 rings (SSSR count). The molecule has 114 valence electrons. The lowest BCUT2D eigenvalue weighted by molar-refractivity contribution is -0.137. The van der Waals surface area contributed by atoms with Gasteiger partial charge in [-0.2, -0.15) is 18.3 Å². The molecule has 0 saturated heterocycles. The first kappa shape index (κ1) is 15.3. The van der Waals surface area contributed by atoms with Crippen LogP contribution in [0.5, 0.6) is 0 Å². The second-order valence-electron chi connectivity index (χ2n) is 5.90. The van der Waals surface area contributed by atoms with Crippen LogP contribution in [0.2, 0.25) is 0 Å². The maximum atomic E-state index is 12.5. The highest BCUT2D eigenvalue weighted by Gasteiger charge is 2.35. The number of hydrogen-bond donors (Lipinski definition) is 2. The summed E-state index contributed by atoms with van der Waals surface area (Å²) in [4.78, 5) is 0. The Balaban J connectivity index is 2.02. The van der Waals surface area contributed by atoms with Gasteiger partial charge in [-0.25, -0.2) is 0 Å². The van der Waals surface area contributed by atoms with Crippen molar-refractivity contribution in [3.8, 4) is 0 Å². The van der Waals surface area contributed by atoms with Crippen molar-refractivity contribution in [3.63, 3.8) is 0 Å². The number of hydrogen-bond acceptors (Lipinski definition) is 3. The van der Waals surface area contributed by atoms with E-state index in [2.05, 4.69) is 10.4 Å². The van der Waals surface area contributed by atoms with Gasteiger partial charge in [-0.1, -0.05) is 0 Å². The minimum Gasteiger partial charge on any atom is -0.394 e. The molecule has 2 unspecified atom stereocenters. The van der Waals surface area contributed by atoms with E-state index in [1.165, 1.54) is 4.68 Å². The van der Waals surface area contributed by atoms with Crippen LogP contribution >= 0.6 is 0 Å². The van der Waals surface area contributed by atoms with E-state index in [-0.39, 0.29) is 12.6 Å². The molecule has 0 amide bonds. The Kier molecular flexibility index (Phi) is 4.11. The molecule has 20 heavy (non-hydrogen) atoms. The summed E-state index contributed by atoms with van der Waals surface area (Å²) in [7, 11) is 0. The van der Waals surface area contributed by atoms with Gasteiger partial charge in [-0.05, 0) is 33.1 Å². The van der Waals surface area contributed by atoms with Gasteiger partial charge in [-0.15, -0.1) is 0 Å². The smallest absolute Gasteiger partial charge is 0.394 e. The van der Waals surface area contributed by atoms with Gasteiger partial charge in [0.05, 0.1) is 24.4 Å². The summed E-state index contributed by atoms with van der Waals surface area (Å²) in [5, 5.41) is 16.6. The Hall–Kier alpha value is -1.08. The molecular weight excluding hydrogens is 271 g/mol. The summed E-state index contributed by atoms with van der Waals surface area (Å²) in [5.74, 6) is 0. The molecule has 2 atom stereocenters. The molecular formula is C13H20F3N3O. The van der Waals surface area contributed by atoms with Crippen LogP contribution in [0.25, 0.3) is 0 Å². The first-order chi connectivity index (χ1) is 9.23. The topological polar surface area (TPSA) is 50.1 Å². The lowest BCUT2D eigenvalue weighted by atomic mass is 9.94. The van der Waals surface area contributed by atoms with Crippen molar-refractivity contribution < 1.29 is 18.3 Å². The third-order valence-electron chi connectivity index (χ3n) is 3.61. The predicted octanol–water partition coefficient (Wildman–Crippen LogP) is 2.36. The van der Waals surface area contributed by atoms with Gasteiger partial charge in [0, 0.05) is 17.8 Å². The Morgan fingerprint density at radius 1 is 1.50 bits per heavy atom. The molecule has 0 spiro atoms. The average molecular weight is 291 g/mol. The molecule has 0 aliphatic heterocycles. The minimum absolute atomic E-state index is 0.0543. The Bertz CT molecular complexity index is 456. The SMILES string of the molecule is CC(CC(C)(CO)NC1CC1)n1cc(C(F)(F)F)cn1. The molecule has 1 fully saturated rings. The normalized spacial score (nSPS) is 20.7. The van der Waals surface area contributed by atoms with Crippen LogP contribution in [-0.2, 0) is 6.18 Å². The fraction of sp³-hybridized carbons (Fsp3) is 0.769. The number of aromatic nitrogens is 2. The molecule has 4 nitrogen and oxygen atoms in total. The van der Waals surface area contributed by atoms with E-state index >= 15 is 0 Å². The zero-order valence-electron chi connectivity index (χ0n) is 11.6. The molecule has 1 saturated carbocycles. The van der Waals surface area contributed by atoms with Crippen LogP contribution < -0.4 is 5.32 Å². The van der Waals surface area contributed by atoms with E-state index in [4.69, 9.17) is 0 Å². The van der Waals surface area contributed by atoms with Crippen molar-refractivity contribution in [2.45, 2.75) is 56.9 Å². The van der Waals surface area contributed by atoms with Gasteiger partial charge >= 0.3 is 6.18 Å². The third-order valence-corrected chi connectivity index (χ3v) is 3.61. The Morgan fingerprint density at radius 2 is 2.15 bits per heavy atom. The molecule has 0 aromatic carbocycles. The van der Waals surface area contributed by atoms with E-state index in [9.17, 15) is 18.3 Å². The molecule has 1 aromatic heterocycles. The van der Waals surface area contributed by atoms with Crippen molar-refractivity contribution in [1.82, 2.24) is 15.1 Å². The third kappa shape index (κ3) is 3.73. The maximum absolute atomic E-state index is 12.5. The van der Waals surface area contributed by atoms with Crippen molar-refractivity contribution in [3.05, 3.63) is 18.0 Å². The highest BCUT2D eigenvalue weighted by Crippen LogP contribution is 2.31. The van der Waals surface area contributed by atoms with E-state index in [1.807, 2.05) is 6.92 Å². The number of aliphatic hydroxyl groups excluding tert-OH is 1. The number of rotatable bonds is 6. The molecule has 1 heterocycles. The van der Waals surface area contributed by atoms with Gasteiger partial charge in [0.1, 0.15) is 0 Å². The largest absolute Gasteiger partial charge is 0.419 e. The summed E-state index contributed by atoms with van der Waals surface area (Å²) in [6.07, 6.45) is 0.165. The number of aliphatic hydroxyl groups is 1. The molecule has 0 radical (unpaired) electrons. The van der Waals surface area contributed by atoms with E-state index in [0.717, 1.165) is 25.2 Å². The van der Waals surface area contributed by atoms with E-state index in [0.29, 0.717) is 12.5 Å². The molecule has 1 aromatic rings. The standard InChI is InChI=1S/C13H20F3N3O/c1-9(5-12(2,8-20)18-11-3-4-11)19-7-10(6-17-19)13(14,15)16/h6-7,9,11,18,20H,3-5,8H2,1-2H3. The lowest BCUT2D eigenvalue weighted by Crippen LogP contribution is -2.48. The van der Waals surface area contributed by atoms with Crippen LogP contribution in [-0.4, -0.2) is 33.1 Å². The second kappa shape index (κ2) is 5.37. The summed E-state index contributed by atoms with van der Waals surface area (Å²) < 4.78 is 38.9. The first-order valence-electron chi connectivity index (χ1n) is 6.73. The zero-order valence-corrected chi connectivity index (χ0v) is 11.6. The van der Waals surface area contributed by atoms with Crippen LogP contribution in [0, 0.1) is 0 Å². The number of nitrogens with one attached hydrogen (secondary N) is 1. The monoisotopic (exact) mass is 291 g/mol. The number of halogens is 3. The molecule has 7 heteroatoms. The van der Waals surface area contributed by atoms with Crippen molar-refractivity contribution in [2.24, 2.45) is 0 Å². The van der Waals surface area contributed by atoms with Crippen molar-refractivity contribution >= 4 is 0 Å². The quantitative estimate of drug-likeness (QED) is 0.846. The van der Waals surface area contributed by atoms with Gasteiger partial charge in [0.25, 0.3) is 0 Å². The van der Waals surface area contributed by atoms with Crippen LogP contribution in [0.4, 0.5) is 13.2 Å². The molecule has 1 aliphatic carbocycles. The molecule has 1 aliphatic rings. The summed E-state index contributed by atoms with van der Waals surface area (Å²) >= 11 is 0. The zero-order chi connectivity index (χ0) is 15.0. The lowest BCUT2D eigenvalue weighted by Gasteiger charge is -2.32. The van der Waals surface area contributed by atoms with Crippen LogP contribution in [0.3, 0.4) is 0 Å². The Labute approximate surface area is 116 Å². The van der Waals surface area contributed by atoms with Crippen molar-refractivity contribution in [2.75, 3.05) is 6.61 Å². The van der Waals surface area contributed by atoms with E-state index in [1.54, 1.807) is 6.92 Å². The average Bonchev–Trinajstić information content (AvgIpc) is 2.98. The fourth-order valence-electron chi connectivity index (χ4n) is 2.36. The number of nitrogens with zero attached hydrogens (tertiary/aromatic N) is 2. The molecule has 0 bridgehead atoms. The van der Waals surface area contributed by atoms with Gasteiger partial charge < -0.3 is 10.4 Å². The highest BCUT2D eigenvalue weighted by atomic mass is 19.4. The molecule has 2 N–H and O–H groups in total. The van der Waals surface area contributed by atoms with Crippen LogP contribution in [0.15, 0.2) is 12.4 Å². The first-order valence-corrected chi connectivity index (χ1v) is 6.73. The van der Waals surface area contributed by atoms with E-state index < -0.39 is 17.3 Å². The Morgan fingerprint density at radius 3 is 2.60 bits per heavy atom. The van der Waals surface area contributed by atoms with Gasteiger partial charge in [0.15, 0.2) is 0 Å².